The number of fused-ring (bicyclic) bond motifs is 3. The molecule has 0 radical (unpaired) electrons. The smallest absolute Gasteiger partial charge is 0.286 e. The fraction of sp³-hybridized carbons (Fsp3) is 0.391. The van der Waals surface area contributed by atoms with Gasteiger partial charge in [0, 0.05) is 18.5 Å². The van der Waals surface area contributed by atoms with E-state index in [1.54, 1.807) is 12.1 Å². The van der Waals surface area contributed by atoms with Gasteiger partial charge in [0.15, 0.2) is 0 Å². The molecule has 0 bridgehead atoms. The minimum atomic E-state index is -3.81. The number of nitrogens with one attached hydrogen (secondary N) is 1. The molecule has 7 heteroatoms. The lowest BCUT2D eigenvalue weighted by Gasteiger charge is -2.29. The molecule has 2 heterocycles. The molecule has 0 spiro atoms. The van der Waals surface area contributed by atoms with Crippen molar-refractivity contribution in [3.63, 3.8) is 0 Å². The van der Waals surface area contributed by atoms with Crippen molar-refractivity contribution in [1.29, 1.82) is 0 Å². The Morgan fingerprint density at radius 1 is 1.13 bits per heavy atom. The quantitative estimate of drug-likeness (QED) is 0.768. The lowest BCUT2D eigenvalue weighted by molar-refractivity contribution is 0.0934. The highest BCUT2D eigenvalue weighted by Gasteiger charge is 2.32. The van der Waals surface area contributed by atoms with Crippen LogP contribution in [0.2, 0.25) is 0 Å². The first-order chi connectivity index (χ1) is 14.5. The largest absolute Gasteiger partial charge is 0.345 e. The molecule has 2 aliphatic rings. The van der Waals surface area contributed by atoms with Crippen molar-refractivity contribution in [2.75, 3.05) is 11.4 Å². The Kier molecular flexibility index (Phi) is 5.90. The number of sulfonamides is 1. The number of carbonyl (C=O) groups excluding carboxylic acids is 1. The molecule has 6 nitrogen and oxygen atoms in total. The molecule has 1 saturated heterocycles. The molecule has 4 rings (SSSR count). The van der Waals surface area contributed by atoms with Crippen LogP contribution in [0.15, 0.2) is 57.8 Å². The van der Waals surface area contributed by atoms with E-state index in [1.807, 2.05) is 35.2 Å². The number of nitrogens with zero attached hydrogens (tertiary/aromatic N) is 2. The summed E-state index contributed by atoms with van der Waals surface area (Å²) in [4.78, 5) is 15.1. The predicted octanol–water partition coefficient (Wildman–Crippen LogP) is 4.44. The van der Waals surface area contributed by atoms with Crippen LogP contribution in [0.1, 0.15) is 67.4 Å². The zero-order valence-electron chi connectivity index (χ0n) is 17.2. The summed E-state index contributed by atoms with van der Waals surface area (Å²) in [6, 6.07) is 14.6. The number of benzene rings is 2. The van der Waals surface area contributed by atoms with Gasteiger partial charge in [-0.2, -0.15) is 8.42 Å². The van der Waals surface area contributed by atoms with Crippen molar-refractivity contribution in [3.05, 3.63) is 59.7 Å². The fourth-order valence-corrected chi connectivity index (χ4v) is 5.44. The minimum absolute atomic E-state index is 0.118. The topological polar surface area (TPSA) is 78.8 Å². The standard InChI is InChI=1S/C23H27N3O3S/c1-2-9-19(17-10-5-3-6-11-17)24-23(27)18-13-14-20-21(16-18)30(28,29)25-22-12-7-4-8-15-26(20)22/h3,5-6,10-11,13-14,16,19H,2,4,7-9,12,15H2,1H3,(H,24,27). The molecule has 1 N–H and O–H groups in total. The summed E-state index contributed by atoms with van der Waals surface area (Å²) in [5.41, 5.74) is 2.01. The van der Waals surface area contributed by atoms with E-state index in [2.05, 4.69) is 16.6 Å². The van der Waals surface area contributed by atoms with Crippen LogP contribution in [0.3, 0.4) is 0 Å². The molecular formula is C23H27N3O3S. The molecular weight excluding hydrogens is 398 g/mol. The number of carbonyl (C=O) groups is 1. The van der Waals surface area contributed by atoms with Crippen LogP contribution in [-0.2, 0) is 10.0 Å². The Labute approximate surface area is 178 Å². The van der Waals surface area contributed by atoms with Crippen LogP contribution in [0, 0.1) is 0 Å². The molecule has 2 aliphatic heterocycles. The van der Waals surface area contributed by atoms with Crippen molar-refractivity contribution in [2.45, 2.75) is 56.4 Å². The second-order valence-corrected chi connectivity index (χ2v) is 9.43. The SMILES string of the molecule is CCCC(NC(=O)c1ccc2c(c1)S(=O)(=O)N=C1CCCCCN12)c1ccccc1. The lowest BCUT2D eigenvalue weighted by Crippen LogP contribution is -2.35. The van der Waals surface area contributed by atoms with E-state index in [9.17, 15) is 13.2 Å². The molecule has 2 aromatic rings. The highest BCUT2D eigenvalue weighted by molar-refractivity contribution is 7.90. The van der Waals surface area contributed by atoms with Gasteiger partial charge in [0.1, 0.15) is 10.7 Å². The van der Waals surface area contributed by atoms with Crippen LogP contribution in [0.5, 0.6) is 0 Å². The molecule has 1 fully saturated rings. The van der Waals surface area contributed by atoms with Crippen molar-refractivity contribution >= 4 is 27.5 Å². The third-order valence-corrected chi connectivity index (χ3v) is 7.03. The first-order valence-corrected chi connectivity index (χ1v) is 12.0. The molecule has 158 valence electrons. The molecule has 2 aromatic carbocycles. The maximum Gasteiger partial charge on any atom is 0.286 e. The zero-order valence-corrected chi connectivity index (χ0v) is 18.0. The number of amides is 1. The average Bonchev–Trinajstić information content (AvgIpc) is 2.98. The molecule has 1 amide bonds. The van der Waals surface area contributed by atoms with Gasteiger partial charge < -0.3 is 10.2 Å². The average molecular weight is 426 g/mol. The van der Waals surface area contributed by atoms with Gasteiger partial charge in [0.2, 0.25) is 0 Å². The van der Waals surface area contributed by atoms with E-state index >= 15 is 0 Å². The summed E-state index contributed by atoms with van der Waals surface area (Å²) < 4.78 is 29.7. The monoisotopic (exact) mass is 425 g/mol. The van der Waals surface area contributed by atoms with Crippen molar-refractivity contribution < 1.29 is 13.2 Å². The van der Waals surface area contributed by atoms with Crippen LogP contribution in [-0.4, -0.2) is 26.7 Å². The third-order valence-electron chi connectivity index (χ3n) is 5.69. The zero-order chi connectivity index (χ0) is 21.1. The van der Waals surface area contributed by atoms with E-state index in [0.29, 0.717) is 23.5 Å². The first-order valence-electron chi connectivity index (χ1n) is 10.6. The number of hydrogen-bond donors (Lipinski definition) is 1. The number of anilines is 1. The Bertz CT molecular complexity index is 1060. The maximum atomic E-state index is 13.0. The van der Waals surface area contributed by atoms with Gasteiger partial charge in [-0.3, -0.25) is 4.79 Å². The van der Waals surface area contributed by atoms with Crippen molar-refractivity contribution in [1.82, 2.24) is 5.32 Å². The summed E-state index contributed by atoms with van der Waals surface area (Å²) in [7, 11) is -3.81. The highest BCUT2D eigenvalue weighted by atomic mass is 32.2. The van der Waals surface area contributed by atoms with Gasteiger partial charge in [-0.05, 0) is 43.0 Å². The van der Waals surface area contributed by atoms with Crippen LogP contribution in [0.25, 0.3) is 0 Å². The Hall–Kier alpha value is -2.67. The highest BCUT2D eigenvalue weighted by Crippen LogP contribution is 2.35. The van der Waals surface area contributed by atoms with E-state index < -0.39 is 10.0 Å². The van der Waals surface area contributed by atoms with Gasteiger partial charge in [-0.1, -0.05) is 50.1 Å². The Morgan fingerprint density at radius 3 is 2.70 bits per heavy atom. The van der Waals surface area contributed by atoms with E-state index in [4.69, 9.17) is 0 Å². The minimum Gasteiger partial charge on any atom is -0.345 e. The third kappa shape index (κ3) is 4.12. The molecule has 0 saturated carbocycles. The maximum absolute atomic E-state index is 13.0. The van der Waals surface area contributed by atoms with Gasteiger partial charge >= 0.3 is 0 Å². The molecule has 30 heavy (non-hydrogen) atoms. The Morgan fingerprint density at radius 2 is 1.93 bits per heavy atom. The number of hydrogen-bond acceptors (Lipinski definition) is 4. The van der Waals surface area contributed by atoms with Crippen LogP contribution >= 0.6 is 0 Å². The first kappa shape index (κ1) is 20.6. The molecule has 1 unspecified atom stereocenters. The summed E-state index contributed by atoms with van der Waals surface area (Å²) in [6.07, 6.45) is 5.39. The van der Waals surface area contributed by atoms with Gasteiger partial charge in [0.25, 0.3) is 15.9 Å². The van der Waals surface area contributed by atoms with Gasteiger partial charge in [-0.25, -0.2) is 0 Å². The van der Waals surface area contributed by atoms with E-state index in [-0.39, 0.29) is 16.8 Å². The number of amidine groups is 1. The van der Waals surface area contributed by atoms with E-state index in [0.717, 1.165) is 44.2 Å². The molecule has 1 atom stereocenters. The van der Waals surface area contributed by atoms with Gasteiger partial charge in [-0.15, -0.1) is 4.40 Å². The summed E-state index contributed by atoms with van der Waals surface area (Å²) in [5, 5.41) is 3.07. The summed E-state index contributed by atoms with van der Waals surface area (Å²) in [5.74, 6) is 0.338. The van der Waals surface area contributed by atoms with Gasteiger partial charge in [0.05, 0.1) is 11.7 Å². The van der Waals surface area contributed by atoms with Crippen molar-refractivity contribution in [2.24, 2.45) is 4.40 Å². The molecule has 0 aliphatic carbocycles. The van der Waals surface area contributed by atoms with Crippen LogP contribution < -0.4 is 10.2 Å². The summed E-state index contributed by atoms with van der Waals surface area (Å²) >= 11 is 0. The van der Waals surface area contributed by atoms with E-state index in [1.165, 1.54) is 6.07 Å². The second kappa shape index (κ2) is 8.60. The lowest BCUT2D eigenvalue weighted by atomic mass is 10.0. The summed E-state index contributed by atoms with van der Waals surface area (Å²) in [6.45, 7) is 2.82. The fourth-order valence-electron chi connectivity index (χ4n) is 4.16. The van der Waals surface area contributed by atoms with Crippen LogP contribution in [0.4, 0.5) is 5.69 Å². The molecule has 0 aromatic heterocycles. The number of rotatable bonds is 5. The second-order valence-electron chi connectivity index (χ2n) is 7.85. The van der Waals surface area contributed by atoms with Crippen molar-refractivity contribution in [3.8, 4) is 0 Å². The predicted molar refractivity (Wildman–Crippen MR) is 118 cm³/mol. The Balaban J connectivity index is 1.64. The normalized spacial score (nSPS) is 18.4.